The summed E-state index contributed by atoms with van der Waals surface area (Å²) in [5, 5.41) is 0. The van der Waals surface area contributed by atoms with Crippen molar-refractivity contribution in [3.8, 4) is 5.75 Å². The quantitative estimate of drug-likeness (QED) is 0.640. The first-order chi connectivity index (χ1) is 7.45. The van der Waals surface area contributed by atoms with E-state index < -0.39 is 11.7 Å². The van der Waals surface area contributed by atoms with Crippen molar-refractivity contribution >= 4 is 5.69 Å². The van der Waals surface area contributed by atoms with Gasteiger partial charge in [-0.1, -0.05) is 12.2 Å². The van der Waals surface area contributed by atoms with Crippen molar-refractivity contribution in [2.75, 3.05) is 12.3 Å². The lowest BCUT2D eigenvalue weighted by molar-refractivity contribution is -0.138. The summed E-state index contributed by atoms with van der Waals surface area (Å²) >= 11 is 0. The number of nitrogens with two attached hydrogens (primary N) is 1. The van der Waals surface area contributed by atoms with Crippen molar-refractivity contribution in [2.24, 2.45) is 0 Å². The summed E-state index contributed by atoms with van der Waals surface area (Å²) in [4.78, 5) is 0. The number of benzene rings is 1. The first kappa shape index (κ1) is 12.4. The fourth-order valence-electron chi connectivity index (χ4n) is 1.13. The second-order valence-corrected chi connectivity index (χ2v) is 3.13. The van der Waals surface area contributed by atoms with Gasteiger partial charge in [0.05, 0.1) is 5.56 Å². The Labute approximate surface area is 91.5 Å². The topological polar surface area (TPSA) is 35.2 Å². The lowest BCUT2D eigenvalue weighted by Crippen LogP contribution is -2.09. The van der Waals surface area contributed by atoms with Crippen LogP contribution in [0.5, 0.6) is 5.75 Å². The van der Waals surface area contributed by atoms with E-state index in [1.165, 1.54) is 12.1 Å². The van der Waals surface area contributed by atoms with Crippen LogP contribution in [0.2, 0.25) is 0 Å². The molecule has 0 radical (unpaired) electrons. The average Bonchev–Trinajstić information content (AvgIpc) is 2.19. The Hall–Kier alpha value is -1.65. The van der Waals surface area contributed by atoms with Crippen molar-refractivity contribution in [2.45, 2.75) is 13.1 Å². The van der Waals surface area contributed by atoms with Crippen LogP contribution in [0.4, 0.5) is 18.9 Å². The summed E-state index contributed by atoms with van der Waals surface area (Å²) in [6, 6.07) is 3.47. The Kier molecular flexibility index (Phi) is 3.82. The molecular weight excluding hydrogens is 219 g/mol. The third kappa shape index (κ3) is 3.18. The number of ether oxygens (including phenoxy) is 1. The van der Waals surface area contributed by atoms with E-state index in [-0.39, 0.29) is 18.0 Å². The highest BCUT2D eigenvalue weighted by Gasteiger charge is 2.34. The molecule has 1 aromatic carbocycles. The van der Waals surface area contributed by atoms with Crippen LogP contribution in [0.15, 0.2) is 30.4 Å². The van der Waals surface area contributed by atoms with Crippen molar-refractivity contribution in [3.05, 3.63) is 35.9 Å². The molecule has 0 fully saturated rings. The molecule has 0 saturated heterocycles. The Morgan fingerprint density at radius 1 is 1.38 bits per heavy atom. The standard InChI is InChI=1S/C11H12F3NO/c1-2-3-6-16-10-5-4-8(15)7-9(10)11(12,13)14/h2-5,7H,6,15H2,1H3/b3-2+. The van der Waals surface area contributed by atoms with E-state index >= 15 is 0 Å². The van der Waals surface area contributed by atoms with Gasteiger partial charge in [0.25, 0.3) is 0 Å². The van der Waals surface area contributed by atoms with Crippen LogP contribution in [-0.2, 0) is 6.18 Å². The van der Waals surface area contributed by atoms with Crippen LogP contribution in [0, 0.1) is 0 Å². The number of anilines is 1. The smallest absolute Gasteiger partial charge is 0.420 e. The largest absolute Gasteiger partial charge is 0.489 e. The minimum atomic E-state index is -4.46. The zero-order chi connectivity index (χ0) is 12.2. The number of hydrogen-bond acceptors (Lipinski definition) is 2. The second kappa shape index (κ2) is 4.92. The van der Waals surface area contributed by atoms with Crippen LogP contribution < -0.4 is 10.5 Å². The van der Waals surface area contributed by atoms with Gasteiger partial charge in [-0.3, -0.25) is 0 Å². The zero-order valence-corrected chi connectivity index (χ0v) is 8.71. The molecule has 0 aliphatic rings. The normalized spacial score (nSPS) is 12.0. The van der Waals surface area contributed by atoms with Gasteiger partial charge in [0.2, 0.25) is 0 Å². The summed E-state index contributed by atoms with van der Waals surface area (Å²) in [6.45, 7) is 1.86. The molecule has 1 aromatic rings. The highest BCUT2D eigenvalue weighted by atomic mass is 19.4. The predicted octanol–water partition coefficient (Wildman–Crippen LogP) is 3.24. The van der Waals surface area contributed by atoms with E-state index in [1.807, 2.05) is 0 Å². The SMILES string of the molecule is C/C=C/COc1ccc(N)cc1C(F)(F)F. The maximum absolute atomic E-state index is 12.6. The number of alkyl halides is 3. The van der Waals surface area contributed by atoms with Gasteiger partial charge in [0, 0.05) is 5.69 Å². The van der Waals surface area contributed by atoms with Crippen LogP contribution in [0.3, 0.4) is 0 Å². The summed E-state index contributed by atoms with van der Waals surface area (Å²) in [5.74, 6) is -0.209. The van der Waals surface area contributed by atoms with Gasteiger partial charge in [0.15, 0.2) is 0 Å². The fourth-order valence-corrected chi connectivity index (χ4v) is 1.13. The molecule has 0 aliphatic heterocycles. The molecule has 2 N–H and O–H groups in total. The minimum Gasteiger partial charge on any atom is -0.489 e. The van der Waals surface area contributed by atoms with E-state index in [2.05, 4.69) is 0 Å². The highest BCUT2D eigenvalue weighted by Crippen LogP contribution is 2.37. The van der Waals surface area contributed by atoms with Crippen LogP contribution in [0.25, 0.3) is 0 Å². The molecule has 0 saturated carbocycles. The minimum absolute atomic E-state index is 0.0608. The van der Waals surface area contributed by atoms with Crippen LogP contribution >= 0.6 is 0 Å². The molecule has 0 aliphatic carbocycles. The highest BCUT2D eigenvalue weighted by molar-refractivity contribution is 5.49. The lowest BCUT2D eigenvalue weighted by Gasteiger charge is -2.13. The Balaban J connectivity index is 2.99. The van der Waals surface area contributed by atoms with E-state index in [1.54, 1.807) is 19.1 Å². The van der Waals surface area contributed by atoms with Crippen LogP contribution in [0.1, 0.15) is 12.5 Å². The van der Waals surface area contributed by atoms with E-state index in [4.69, 9.17) is 10.5 Å². The van der Waals surface area contributed by atoms with Crippen LogP contribution in [-0.4, -0.2) is 6.61 Å². The molecule has 0 unspecified atom stereocenters. The van der Waals surface area contributed by atoms with Crippen molar-refractivity contribution in [1.82, 2.24) is 0 Å². The van der Waals surface area contributed by atoms with Gasteiger partial charge in [-0.25, -0.2) is 0 Å². The summed E-state index contributed by atoms with van der Waals surface area (Å²) in [6.07, 6.45) is -1.14. The molecule has 0 amide bonds. The third-order valence-electron chi connectivity index (χ3n) is 1.88. The maximum atomic E-state index is 12.6. The zero-order valence-electron chi connectivity index (χ0n) is 8.71. The molecular formula is C11H12F3NO. The summed E-state index contributed by atoms with van der Waals surface area (Å²) in [7, 11) is 0. The van der Waals surface area contributed by atoms with Gasteiger partial charge in [-0.15, -0.1) is 0 Å². The van der Waals surface area contributed by atoms with Gasteiger partial charge >= 0.3 is 6.18 Å². The number of allylic oxidation sites excluding steroid dienone is 1. The van der Waals surface area contributed by atoms with Gasteiger partial charge < -0.3 is 10.5 Å². The molecule has 0 spiro atoms. The van der Waals surface area contributed by atoms with E-state index in [0.717, 1.165) is 6.07 Å². The molecule has 16 heavy (non-hydrogen) atoms. The van der Waals surface area contributed by atoms with Gasteiger partial charge in [0.1, 0.15) is 12.4 Å². The molecule has 0 bridgehead atoms. The molecule has 5 heteroatoms. The molecule has 0 heterocycles. The van der Waals surface area contributed by atoms with Crippen molar-refractivity contribution < 1.29 is 17.9 Å². The number of hydrogen-bond donors (Lipinski definition) is 1. The molecule has 2 nitrogen and oxygen atoms in total. The number of rotatable bonds is 3. The van der Waals surface area contributed by atoms with Crippen molar-refractivity contribution in [1.29, 1.82) is 0 Å². The molecule has 1 rings (SSSR count). The third-order valence-corrected chi connectivity index (χ3v) is 1.88. The fraction of sp³-hybridized carbons (Fsp3) is 0.273. The van der Waals surface area contributed by atoms with E-state index in [0.29, 0.717) is 0 Å². The first-order valence-corrected chi connectivity index (χ1v) is 4.66. The predicted molar refractivity (Wildman–Crippen MR) is 56.2 cm³/mol. The number of halogens is 3. The molecule has 88 valence electrons. The Morgan fingerprint density at radius 3 is 2.62 bits per heavy atom. The van der Waals surface area contributed by atoms with Crippen molar-refractivity contribution in [3.63, 3.8) is 0 Å². The van der Waals surface area contributed by atoms with E-state index in [9.17, 15) is 13.2 Å². The lowest BCUT2D eigenvalue weighted by atomic mass is 10.1. The summed E-state index contributed by atoms with van der Waals surface area (Å²) < 4.78 is 42.7. The van der Waals surface area contributed by atoms with Gasteiger partial charge in [-0.2, -0.15) is 13.2 Å². The maximum Gasteiger partial charge on any atom is 0.420 e. The number of nitrogen functional groups attached to an aromatic ring is 1. The molecule has 0 atom stereocenters. The average molecular weight is 231 g/mol. The summed E-state index contributed by atoms with van der Waals surface area (Å²) in [5.41, 5.74) is 4.52. The van der Waals surface area contributed by atoms with Gasteiger partial charge in [-0.05, 0) is 25.1 Å². The monoisotopic (exact) mass is 231 g/mol. The first-order valence-electron chi connectivity index (χ1n) is 4.66. The second-order valence-electron chi connectivity index (χ2n) is 3.13. The Bertz CT molecular complexity index is 385. The molecule has 0 aromatic heterocycles. The Morgan fingerprint density at radius 2 is 2.06 bits per heavy atom.